The highest BCUT2D eigenvalue weighted by Gasteiger charge is 2.34. The lowest BCUT2D eigenvalue weighted by atomic mass is 9.72. The molecular weight excluding hydrogens is 208 g/mol. The maximum absolute atomic E-state index is 3.56. The number of nitrogens with zero attached hydrogens (tertiary/aromatic N) is 1. The molecule has 1 aliphatic carbocycles. The van der Waals surface area contributed by atoms with Gasteiger partial charge in [0.05, 0.1) is 0 Å². The van der Waals surface area contributed by atoms with E-state index in [0.717, 1.165) is 17.8 Å². The average Bonchev–Trinajstić information content (AvgIpc) is 2.26. The van der Waals surface area contributed by atoms with Gasteiger partial charge in [-0.3, -0.25) is 0 Å². The highest BCUT2D eigenvalue weighted by Crippen LogP contribution is 2.34. The minimum atomic E-state index is 0.670. The summed E-state index contributed by atoms with van der Waals surface area (Å²) in [6, 6.07) is 1.38. The maximum atomic E-state index is 3.56. The highest BCUT2D eigenvalue weighted by atomic mass is 15.1. The fourth-order valence-corrected chi connectivity index (χ4v) is 3.53. The second-order valence-corrected chi connectivity index (χ2v) is 6.29. The zero-order valence-electron chi connectivity index (χ0n) is 12.7. The topological polar surface area (TPSA) is 15.3 Å². The molecule has 2 nitrogen and oxygen atoms in total. The van der Waals surface area contributed by atoms with Crippen molar-refractivity contribution in [2.75, 3.05) is 20.1 Å². The van der Waals surface area contributed by atoms with Gasteiger partial charge < -0.3 is 10.2 Å². The van der Waals surface area contributed by atoms with Gasteiger partial charge >= 0.3 is 0 Å². The summed E-state index contributed by atoms with van der Waals surface area (Å²) in [5.41, 5.74) is 0. The van der Waals surface area contributed by atoms with Crippen LogP contribution in [0.15, 0.2) is 0 Å². The van der Waals surface area contributed by atoms with E-state index in [-0.39, 0.29) is 0 Å². The normalized spacial score (nSPS) is 34.6. The van der Waals surface area contributed by atoms with Crippen molar-refractivity contribution in [3.8, 4) is 0 Å². The molecule has 0 heterocycles. The molecule has 0 radical (unpaired) electrons. The Morgan fingerprint density at radius 2 is 1.88 bits per heavy atom. The zero-order chi connectivity index (χ0) is 13.0. The van der Waals surface area contributed by atoms with Crippen LogP contribution in [0.2, 0.25) is 0 Å². The van der Waals surface area contributed by atoms with Gasteiger partial charge in [0.2, 0.25) is 0 Å². The summed E-state index contributed by atoms with van der Waals surface area (Å²) in [5.74, 6) is 2.55. The van der Waals surface area contributed by atoms with Crippen LogP contribution >= 0.6 is 0 Å². The molecule has 0 bridgehead atoms. The molecule has 0 spiro atoms. The Balaban J connectivity index is 2.65. The summed E-state index contributed by atoms with van der Waals surface area (Å²) in [5, 5.41) is 3.56. The Morgan fingerprint density at radius 1 is 1.24 bits per heavy atom. The Hall–Kier alpha value is -0.0800. The predicted molar refractivity (Wildman–Crippen MR) is 76.3 cm³/mol. The molecule has 102 valence electrons. The summed E-state index contributed by atoms with van der Waals surface area (Å²) in [6.45, 7) is 14.2. The lowest BCUT2D eigenvalue weighted by Gasteiger charge is -2.42. The smallest absolute Gasteiger partial charge is 0.0110 e. The van der Waals surface area contributed by atoms with Gasteiger partial charge in [0.15, 0.2) is 0 Å². The van der Waals surface area contributed by atoms with Gasteiger partial charge in [-0.1, -0.05) is 20.8 Å². The van der Waals surface area contributed by atoms with E-state index >= 15 is 0 Å². The zero-order valence-corrected chi connectivity index (χ0v) is 12.7. The molecule has 17 heavy (non-hydrogen) atoms. The predicted octanol–water partition coefficient (Wildman–Crippen LogP) is 2.99. The molecule has 0 amide bonds. The van der Waals surface area contributed by atoms with Crippen LogP contribution in [0, 0.1) is 17.8 Å². The first-order valence-corrected chi connectivity index (χ1v) is 7.40. The largest absolute Gasteiger partial charge is 0.317 e. The van der Waals surface area contributed by atoms with E-state index in [2.05, 4.69) is 51.9 Å². The van der Waals surface area contributed by atoms with Crippen molar-refractivity contribution in [2.45, 2.75) is 59.5 Å². The quantitative estimate of drug-likeness (QED) is 0.795. The second-order valence-electron chi connectivity index (χ2n) is 6.29. The van der Waals surface area contributed by atoms with Gasteiger partial charge in [0, 0.05) is 18.6 Å². The molecule has 1 saturated carbocycles. The summed E-state index contributed by atoms with van der Waals surface area (Å²) in [7, 11) is 2.13. The molecule has 1 fully saturated rings. The van der Waals surface area contributed by atoms with Gasteiger partial charge in [-0.2, -0.15) is 0 Å². The van der Waals surface area contributed by atoms with Crippen molar-refractivity contribution in [1.82, 2.24) is 10.2 Å². The molecule has 1 N–H and O–H groups in total. The number of nitrogens with one attached hydrogen (secondary N) is 1. The van der Waals surface area contributed by atoms with Gasteiger partial charge in [-0.25, -0.2) is 0 Å². The van der Waals surface area contributed by atoms with Crippen molar-refractivity contribution in [3.05, 3.63) is 0 Å². The summed E-state index contributed by atoms with van der Waals surface area (Å²) in [4.78, 5) is 2.61. The van der Waals surface area contributed by atoms with Gasteiger partial charge in [-0.15, -0.1) is 0 Å². The SMILES string of the molecule is CCN(CC1C(C)CC(C)CC1NC)C(C)C. The van der Waals surface area contributed by atoms with Crippen molar-refractivity contribution >= 4 is 0 Å². The Kier molecular flexibility index (Phi) is 5.94. The van der Waals surface area contributed by atoms with E-state index in [4.69, 9.17) is 0 Å². The van der Waals surface area contributed by atoms with Gasteiger partial charge in [0.1, 0.15) is 0 Å². The van der Waals surface area contributed by atoms with Crippen LogP contribution in [0.25, 0.3) is 0 Å². The van der Waals surface area contributed by atoms with E-state index in [1.165, 1.54) is 25.9 Å². The lowest BCUT2D eigenvalue weighted by molar-refractivity contribution is 0.0930. The van der Waals surface area contributed by atoms with Crippen LogP contribution in [0.4, 0.5) is 0 Å². The average molecular weight is 240 g/mol. The summed E-state index contributed by atoms with van der Waals surface area (Å²) < 4.78 is 0. The highest BCUT2D eigenvalue weighted by molar-refractivity contribution is 4.89. The Bertz CT molecular complexity index is 215. The summed E-state index contributed by atoms with van der Waals surface area (Å²) in [6.07, 6.45) is 2.75. The fraction of sp³-hybridized carbons (Fsp3) is 1.00. The van der Waals surface area contributed by atoms with Crippen molar-refractivity contribution in [1.29, 1.82) is 0 Å². The molecule has 2 heteroatoms. The monoisotopic (exact) mass is 240 g/mol. The maximum Gasteiger partial charge on any atom is 0.0110 e. The van der Waals surface area contributed by atoms with Crippen molar-refractivity contribution in [3.63, 3.8) is 0 Å². The third-order valence-corrected chi connectivity index (χ3v) is 4.63. The molecule has 4 atom stereocenters. The Labute approximate surface area is 108 Å². The van der Waals surface area contributed by atoms with E-state index in [1.807, 2.05) is 0 Å². The minimum absolute atomic E-state index is 0.670. The molecule has 0 aromatic rings. The molecule has 0 saturated heterocycles. The first-order chi connectivity index (χ1) is 7.99. The van der Waals surface area contributed by atoms with Crippen LogP contribution in [-0.2, 0) is 0 Å². The van der Waals surface area contributed by atoms with E-state index in [0.29, 0.717) is 12.1 Å². The fourth-order valence-electron chi connectivity index (χ4n) is 3.53. The minimum Gasteiger partial charge on any atom is -0.317 e. The Morgan fingerprint density at radius 3 is 2.35 bits per heavy atom. The number of hydrogen-bond donors (Lipinski definition) is 1. The third kappa shape index (κ3) is 3.96. The third-order valence-electron chi connectivity index (χ3n) is 4.63. The van der Waals surface area contributed by atoms with Crippen LogP contribution in [0.3, 0.4) is 0 Å². The van der Waals surface area contributed by atoms with Crippen LogP contribution in [-0.4, -0.2) is 37.1 Å². The molecule has 1 aliphatic rings. The number of rotatable bonds is 5. The van der Waals surface area contributed by atoms with Gasteiger partial charge in [-0.05, 0) is 58.0 Å². The first-order valence-electron chi connectivity index (χ1n) is 7.40. The molecule has 4 unspecified atom stereocenters. The first kappa shape index (κ1) is 15.0. The molecular formula is C15H32N2. The van der Waals surface area contributed by atoms with E-state index < -0.39 is 0 Å². The molecule has 0 aromatic carbocycles. The lowest BCUT2D eigenvalue weighted by Crippen LogP contribution is -2.49. The van der Waals surface area contributed by atoms with E-state index in [9.17, 15) is 0 Å². The standard InChI is InChI=1S/C15H32N2/c1-7-17(11(2)3)10-14-13(5)8-12(4)9-15(14)16-6/h11-16H,7-10H2,1-6H3. The van der Waals surface area contributed by atoms with Crippen molar-refractivity contribution < 1.29 is 0 Å². The van der Waals surface area contributed by atoms with Crippen LogP contribution < -0.4 is 5.32 Å². The summed E-state index contributed by atoms with van der Waals surface area (Å²) >= 11 is 0. The molecule has 1 rings (SSSR count). The second kappa shape index (κ2) is 6.75. The number of hydrogen-bond acceptors (Lipinski definition) is 2. The van der Waals surface area contributed by atoms with E-state index in [1.54, 1.807) is 0 Å². The molecule has 0 aromatic heterocycles. The van der Waals surface area contributed by atoms with Gasteiger partial charge in [0.25, 0.3) is 0 Å². The van der Waals surface area contributed by atoms with Crippen molar-refractivity contribution in [2.24, 2.45) is 17.8 Å². The molecule has 0 aliphatic heterocycles. The van der Waals surface area contributed by atoms with Crippen LogP contribution in [0.5, 0.6) is 0 Å². The van der Waals surface area contributed by atoms with Crippen LogP contribution in [0.1, 0.15) is 47.5 Å².